The maximum absolute atomic E-state index is 1.62. The Kier molecular flexibility index (Phi) is 0.898. The minimum atomic E-state index is 0.921. The highest BCUT2D eigenvalue weighted by Crippen LogP contribution is 2.64. The number of rotatable bonds is 0. The van der Waals surface area contributed by atoms with Crippen LogP contribution in [-0.2, 0) is 0 Å². The molecular formula is C10H16. The van der Waals surface area contributed by atoms with Gasteiger partial charge in [0.15, 0.2) is 0 Å². The maximum Gasteiger partial charge on any atom is -0.0266 e. The largest absolute Gasteiger partial charge is 0.0525 e. The van der Waals surface area contributed by atoms with E-state index in [1.165, 1.54) is 11.8 Å². The normalized spacial score (nSPS) is 57.6. The van der Waals surface area contributed by atoms with E-state index in [-0.39, 0.29) is 0 Å². The second-order valence-electron chi connectivity index (χ2n) is 4.80. The van der Waals surface area contributed by atoms with Gasteiger partial charge in [-0.1, -0.05) is 6.42 Å². The summed E-state index contributed by atoms with van der Waals surface area (Å²) in [4.78, 5) is 0. The van der Waals surface area contributed by atoms with Crippen LogP contribution in [0.3, 0.4) is 0 Å². The highest BCUT2D eigenvalue weighted by molar-refractivity contribution is 5.04. The van der Waals surface area contributed by atoms with E-state index < -0.39 is 0 Å². The van der Waals surface area contributed by atoms with Crippen molar-refractivity contribution in [2.45, 2.75) is 44.9 Å². The van der Waals surface area contributed by atoms with Crippen molar-refractivity contribution < 1.29 is 0 Å². The molecular weight excluding hydrogens is 120 g/mol. The van der Waals surface area contributed by atoms with E-state index in [0.29, 0.717) is 0 Å². The van der Waals surface area contributed by atoms with Crippen LogP contribution < -0.4 is 0 Å². The maximum atomic E-state index is 1.62. The molecule has 1 spiro atoms. The average molecular weight is 136 g/mol. The van der Waals surface area contributed by atoms with Crippen LogP contribution in [0.1, 0.15) is 44.9 Å². The Morgan fingerprint density at radius 3 is 2.90 bits per heavy atom. The molecule has 3 atom stereocenters. The first kappa shape index (κ1) is 5.62. The van der Waals surface area contributed by atoms with Crippen molar-refractivity contribution in [3.63, 3.8) is 0 Å². The van der Waals surface area contributed by atoms with Crippen LogP contribution in [0.4, 0.5) is 0 Å². The number of fused-ring (bicyclic) bond motifs is 1. The average Bonchev–Trinajstić information content (AvgIpc) is 2.48. The van der Waals surface area contributed by atoms with Crippen molar-refractivity contribution in [1.82, 2.24) is 0 Å². The highest BCUT2D eigenvalue weighted by Gasteiger charge is 2.53. The van der Waals surface area contributed by atoms with Crippen molar-refractivity contribution in [3.05, 3.63) is 0 Å². The Labute approximate surface area is 63.0 Å². The lowest BCUT2D eigenvalue weighted by atomic mass is 9.78. The first-order valence-electron chi connectivity index (χ1n) is 4.89. The van der Waals surface area contributed by atoms with E-state index in [9.17, 15) is 0 Å². The van der Waals surface area contributed by atoms with Gasteiger partial charge in [-0.15, -0.1) is 0 Å². The molecule has 0 aromatic rings. The third-order valence-electron chi connectivity index (χ3n) is 4.46. The summed E-state index contributed by atoms with van der Waals surface area (Å²) in [6.45, 7) is 0. The van der Waals surface area contributed by atoms with E-state index >= 15 is 0 Å². The van der Waals surface area contributed by atoms with Gasteiger partial charge < -0.3 is 0 Å². The van der Waals surface area contributed by atoms with Gasteiger partial charge in [0.05, 0.1) is 0 Å². The van der Waals surface area contributed by atoms with Gasteiger partial charge in [0.25, 0.3) is 0 Å². The molecule has 0 amide bonds. The van der Waals surface area contributed by atoms with Crippen LogP contribution in [0, 0.1) is 17.3 Å². The van der Waals surface area contributed by atoms with Gasteiger partial charge in [0, 0.05) is 0 Å². The summed E-state index contributed by atoms with van der Waals surface area (Å²) < 4.78 is 0. The molecule has 0 heteroatoms. The minimum absolute atomic E-state index is 0.921. The monoisotopic (exact) mass is 136 g/mol. The fraction of sp³-hybridized carbons (Fsp3) is 1.00. The molecule has 3 rings (SSSR count). The predicted molar refractivity (Wildman–Crippen MR) is 41.7 cm³/mol. The molecule has 0 saturated heterocycles. The smallest absolute Gasteiger partial charge is 0.0266 e. The Morgan fingerprint density at radius 1 is 1.10 bits per heavy atom. The molecule has 0 nitrogen and oxygen atoms in total. The highest BCUT2D eigenvalue weighted by atomic mass is 14.6. The number of hydrogen-bond donors (Lipinski definition) is 0. The van der Waals surface area contributed by atoms with E-state index in [0.717, 1.165) is 5.41 Å². The summed E-state index contributed by atoms with van der Waals surface area (Å²) >= 11 is 0. The van der Waals surface area contributed by atoms with Crippen molar-refractivity contribution in [1.29, 1.82) is 0 Å². The van der Waals surface area contributed by atoms with E-state index in [4.69, 9.17) is 0 Å². The molecule has 0 aromatic carbocycles. The quantitative estimate of drug-likeness (QED) is 0.480. The Balaban J connectivity index is 1.99. The second-order valence-corrected chi connectivity index (χ2v) is 4.80. The molecule has 0 unspecified atom stereocenters. The topological polar surface area (TPSA) is 0 Å². The molecule has 0 N–H and O–H groups in total. The molecule has 0 radical (unpaired) electrons. The summed E-state index contributed by atoms with van der Waals surface area (Å²) in [6, 6.07) is 0. The van der Waals surface area contributed by atoms with E-state index in [1.807, 2.05) is 0 Å². The summed E-state index contributed by atoms with van der Waals surface area (Å²) in [7, 11) is 0. The zero-order chi connectivity index (χ0) is 6.60. The van der Waals surface area contributed by atoms with Crippen molar-refractivity contribution in [3.8, 4) is 0 Å². The molecule has 0 aromatic heterocycles. The summed E-state index contributed by atoms with van der Waals surface area (Å²) in [6.07, 6.45) is 11.1. The minimum Gasteiger partial charge on any atom is -0.0525 e. The number of hydrogen-bond acceptors (Lipinski definition) is 0. The molecule has 3 saturated carbocycles. The van der Waals surface area contributed by atoms with Crippen molar-refractivity contribution >= 4 is 0 Å². The lowest BCUT2D eigenvalue weighted by molar-refractivity contribution is 0.227. The van der Waals surface area contributed by atoms with E-state index in [2.05, 4.69) is 0 Å². The molecule has 3 fully saturated rings. The fourth-order valence-electron chi connectivity index (χ4n) is 4.05. The van der Waals surface area contributed by atoms with Crippen LogP contribution in [0.5, 0.6) is 0 Å². The molecule has 0 heterocycles. The molecule has 0 aliphatic heterocycles. The molecule has 3 aliphatic rings. The Morgan fingerprint density at radius 2 is 2.10 bits per heavy atom. The van der Waals surface area contributed by atoms with Crippen LogP contribution >= 0.6 is 0 Å². The first-order chi connectivity index (χ1) is 4.89. The molecule has 56 valence electrons. The lowest BCUT2D eigenvalue weighted by Crippen LogP contribution is -2.18. The Hall–Kier alpha value is 0. The van der Waals surface area contributed by atoms with Gasteiger partial charge in [0.2, 0.25) is 0 Å². The third-order valence-corrected chi connectivity index (χ3v) is 4.46. The van der Waals surface area contributed by atoms with Gasteiger partial charge in [-0.2, -0.15) is 0 Å². The zero-order valence-electron chi connectivity index (χ0n) is 6.60. The van der Waals surface area contributed by atoms with Gasteiger partial charge in [-0.25, -0.2) is 0 Å². The van der Waals surface area contributed by atoms with Crippen LogP contribution in [0.25, 0.3) is 0 Å². The Bertz CT molecular complexity index is 157. The zero-order valence-corrected chi connectivity index (χ0v) is 6.60. The summed E-state index contributed by atoms with van der Waals surface area (Å²) in [5.41, 5.74) is 0.921. The fourth-order valence-corrected chi connectivity index (χ4v) is 4.05. The van der Waals surface area contributed by atoms with Gasteiger partial charge >= 0.3 is 0 Å². The van der Waals surface area contributed by atoms with Crippen LogP contribution in [-0.4, -0.2) is 0 Å². The van der Waals surface area contributed by atoms with Crippen molar-refractivity contribution in [2.24, 2.45) is 17.3 Å². The van der Waals surface area contributed by atoms with Crippen LogP contribution in [0.15, 0.2) is 0 Å². The molecule has 2 bridgehead atoms. The van der Waals surface area contributed by atoms with Crippen molar-refractivity contribution in [2.75, 3.05) is 0 Å². The van der Waals surface area contributed by atoms with Gasteiger partial charge in [0.1, 0.15) is 0 Å². The van der Waals surface area contributed by atoms with E-state index in [1.54, 1.807) is 44.9 Å². The third kappa shape index (κ3) is 0.500. The van der Waals surface area contributed by atoms with Crippen LogP contribution in [0.2, 0.25) is 0 Å². The summed E-state index contributed by atoms with van der Waals surface area (Å²) in [5.74, 6) is 2.36. The van der Waals surface area contributed by atoms with Gasteiger partial charge in [-0.3, -0.25) is 0 Å². The molecule has 10 heavy (non-hydrogen) atoms. The lowest BCUT2D eigenvalue weighted by Gasteiger charge is -2.27. The SMILES string of the molecule is C1C[C@@H]2C[C@@H]3CC[C@@]2(C1)C3. The first-order valence-corrected chi connectivity index (χ1v) is 4.89. The predicted octanol–water partition coefficient (Wildman–Crippen LogP) is 2.98. The molecule has 3 aliphatic carbocycles. The second kappa shape index (κ2) is 1.60. The van der Waals surface area contributed by atoms with Gasteiger partial charge in [-0.05, 0) is 55.8 Å². The standard InChI is InChI=1S/C10H16/c1-2-9-6-8-3-5-10(9,4-1)7-8/h8-9H,1-7H2/t8-,9+,10-/m0/s1. The summed E-state index contributed by atoms with van der Waals surface area (Å²) in [5, 5.41) is 0.